The number of para-hydroxylation sites is 1. The van der Waals surface area contributed by atoms with Crippen molar-refractivity contribution in [3.8, 4) is 0 Å². The van der Waals surface area contributed by atoms with E-state index in [4.69, 9.17) is 11.6 Å². The third kappa shape index (κ3) is 4.19. The first kappa shape index (κ1) is 14.8. The van der Waals surface area contributed by atoms with Crippen LogP contribution in [0.15, 0.2) is 24.3 Å². The van der Waals surface area contributed by atoms with Crippen LogP contribution in [0.4, 0.5) is 5.69 Å². The van der Waals surface area contributed by atoms with Crippen molar-refractivity contribution in [3.63, 3.8) is 0 Å². The minimum Gasteiger partial charge on any atom is -0.355 e. The molecule has 0 unspecified atom stereocenters. The minimum absolute atomic E-state index is 0.0709. The van der Waals surface area contributed by atoms with Crippen LogP contribution >= 0.6 is 11.6 Å². The number of anilines is 1. The summed E-state index contributed by atoms with van der Waals surface area (Å²) in [5, 5.41) is 2.46. The maximum Gasteiger partial charge on any atom is 0.253 e. The van der Waals surface area contributed by atoms with E-state index in [1.54, 1.807) is 24.3 Å². The van der Waals surface area contributed by atoms with Crippen molar-refractivity contribution in [3.05, 3.63) is 29.8 Å². The molecule has 1 amide bonds. The van der Waals surface area contributed by atoms with Crippen LogP contribution in [-0.4, -0.2) is 33.0 Å². The average molecular weight is 291 g/mol. The van der Waals surface area contributed by atoms with Gasteiger partial charge in [-0.2, -0.15) is 0 Å². The SMILES string of the molecule is CNC(=O)c1ccccc1NS(=O)(=O)CCCCl. The quantitative estimate of drug-likeness (QED) is 0.778. The Labute approximate surface area is 112 Å². The van der Waals surface area contributed by atoms with Gasteiger partial charge in [0.05, 0.1) is 17.0 Å². The highest BCUT2D eigenvalue weighted by molar-refractivity contribution is 7.92. The predicted octanol–water partition coefficient (Wildman–Crippen LogP) is 1.42. The fourth-order valence-corrected chi connectivity index (χ4v) is 2.80. The fraction of sp³-hybridized carbons (Fsp3) is 0.364. The largest absolute Gasteiger partial charge is 0.355 e. The Morgan fingerprint density at radius 3 is 2.61 bits per heavy atom. The Balaban J connectivity index is 2.94. The summed E-state index contributed by atoms with van der Waals surface area (Å²) in [7, 11) is -1.99. The lowest BCUT2D eigenvalue weighted by Gasteiger charge is -2.11. The van der Waals surface area contributed by atoms with Crippen LogP contribution in [0.3, 0.4) is 0 Å². The maximum absolute atomic E-state index is 11.7. The molecule has 0 aromatic heterocycles. The van der Waals surface area contributed by atoms with Gasteiger partial charge in [-0.1, -0.05) is 12.1 Å². The summed E-state index contributed by atoms with van der Waals surface area (Å²) >= 11 is 5.46. The molecule has 0 spiro atoms. The third-order valence-electron chi connectivity index (χ3n) is 2.21. The summed E-state index contributed by atoms with van der Waals surface area (Å²) < 4.78 is 25.8. The van der Waals surface area contributed by atoms with Crippen molar-refractivity contribution in [2.24, 2.45) is 0 Å². The monoisotopic (exact) mass is 290 g/mol. The molecular formula is C11H15ClN2O3S. The van der Waals surface area contributed by atoms with E-state index in [0.717, 1.165) is 0 Å². The van der Waals surface area contributed by atoms with Gasteiger partial charge in [-0.15, -0.1) is 11.6 Å². The van der Waals surface area contributed by atoms with E-state index in [2.05, 4.69) is 10.0 Å². The maximum atomic E-state index is 11.7. The van der Waals surface area contributed by atoms with E-state index in [0.29, 0.717) is 6.42 Å². The highest BCUT2D eigenvalue weighted by Crippen LogP contribution is 2.16. The number of carbonyl (C=O) groups excluding carboxylic acids is 1. The smallest absolute Gasteiger partial charge is 0.253 e. The van der Waals surface area contributed by atoms with Crippen LogP contribution in [-0.2, 0) is 10.0 Å². The molecule has 1 rings (SSSR count). The minimum atomic E-state index is -3.48. The Morgan fingerprint density at radius 1 is 1.33 bits per heavy atom. The predicted molar refractivity (Wildman–Crippen MR) is 72.6 cm³/mol. The molecule has 0 aliphatic heterocycles. The van der Waals surface area contributed by atoms with E-state index >= 15 is 0 Å². The van der Waals surface area contributed by atoms with E-state index < -0.39 is 10.0 Å². The molecule has 0 bridgehead atoms. The Morgan fingerprint density at radius 2 is 2.00 bits per heavy atom. The molecule has 0 radical (unpaired) electrons. The molecule has 0 saturated heterocycles. The van der Waals surface area contributed by atoms with Gasteiger partial charge in [0.1, 0.15) is 0 Å². The molecule has 0 atom stereocenters. The normalized spacial score (nSPS) is 11.0. The topological polar surface area (TPSA) is 75.3 Å². The van der Waals surface area contributed by atoms with Crippen LogP contribution < -0.4 is 10.0 Å². The molecule has 1 aromatic carbocycles. The number of rotatable bonds is 6. The second-order valence-electron chi connectivity index (χ2n) is 3.59. The highest BCUT2D eigenvalue weighted by Gasteiger charge is 2.15. The lowest BCUT2D eigenvalue weighted by atomic mass is 10.2. The zero-order valence-electron chi connectivity index (χ0n) is 9.94. The number of alkyl halides is 1. The molecule has 0 aliphatic rings. The first-order valence-corrected chi connectivity index (χ1v) is 7.56. The van der Waals surface area contributed by atoms with Crippen LogP contribution in [0.25, 0.3) is 0 Å². The molecule has 1 aromatic rings. The van der Waals surface area contributed by atoms with Crippen molar-refractivity contribution in [1.82, 2.24) is 5.32 Å². The van der Waals surface area contributed by atoms with Gasteiger partial charge >= 0.3 is 0 Å². The zero-order chi connectivity index (χ0) is 13.6. The van der Waals surface area contributed by atoms with Crippen molar-refractivity contribution in [2.45, 2.75) is 6.42 Å². The van der Waals surface area contributed by atoms with Gasteiger partial charge in [-0.3, -0.25) is 9.52 Å². The zero-order valence-corrected chi connectivity index (χ0v) is 11.5. The number of halogens is 1. The average Bonchev–Trinajstić information content (AvgIpc) is 2.36. The molecule has 0 fully saturated rings. The van der Waals surface area contributed by atoms with Gasteiger partial charge in [0.25, 0.3) is 5.91 Å². The van der Waals surface area contributed by atoms with E-state index in [9.17, 15) is 13.2 Å². The van der Waals surface area contributed by atoms with Gasteiger partial charge in [0, 0.05) is 12.9 Å². The number of amides is 1. The van der Waals surface area contributed by atoms with Gasteiger partial charge in [0.15, 0.2) is 0 Å². The first-order chi connectivity index (χ1) is 8.50. The summed E-state index contributed by atoms with van der Waals surface area (Å²) in [6, 6.07) is 6.42. The standard InChI is InChI=1S/C11H15ClN2O3S/c1-13-11(15)9-5-2-3-6-10(9)14-18(16,17)8-4-7-12/h2-3,5-6,14H,4,7-8H2,1H3,(H,13,15). The lowest BCUT2D eigenvalue weighted by Crippen LogP contribution is -2.22. The van der Waals surface area contributed by atoms with Crippen molar-refractivity contribution in [1.29, 1.82) is 0 Å². The second-order valence-corrected chi connectivity index (χ2v) is 5.81. The van der Waals surface area contributed by atoms with Crippen LogP contribution in [0.5, 0.6) is 0 Å². The number of benzene rings is 1. The van der Waals surface area contributed by atoms with Gasteiger partial charge in [0.2, 0.25) is 10.0 Å². The second kappa shape index (κ2) is 6.61. The first-order valence-electron chi connectivity index (χ1n) is 5.37. The molecule has 0 saturated carbocycles. The van der Waals surface area contributed by atoms with Crippen LogP contribution in [0.2, 0.25) is 0 Å². The molecule has 18 heavy (non-hydrogen) atoms. The van der Waals surface area contributed by atoms with Gasteiger partial charge in [-0.05, 0) is 18.6 Å². The van der Waals surface area contributed by atoms with Crippen molar-refractivity contribution < 1.29 is 13.2 Å². The van der Waals surface area contributed by atoms with E-state index in [-0.39, 0.29) is 28.8 Å². The number of carbonyl (C=O) groups is 1. The third-order valence-corrected chi connectivity index (χ3v) is 3.84. The highest BCUT2D eigenvalue weighted by atomic mass is 35.5. The van der Waals surface area contributed by atoms with E-state index in [1.807, 2.05) is 0 Å². The number of hydrogen-bond donors (Lipinski definition) is 2. The van der Waals surface area contributed by atoms with E-state index in [1.165, 1.54) is 7.05 Å². The Hall–Kier alpha value is -1.27. The molecule has 5 nitrogen and oxygen atoms in total. The van der Waals surface area contributed by atoms with Crippen molar-refractivity contribution >= 4 is 33.2 Å². The molecule has 0 heterocycles. The molecular weight excluding hydrogens is 276 g/mol. The van der Waals surface area contributed by atoms with Crippen molar-refractivity contribution in [2.75, 3.05) is 23.4 Å². The lowest BCUT2D eigenvalue weighted by molar-refractivity contribution is 0.0964. The van der Waals surface area contributed by atoms with Crippen LogP contribution in [0.1, 0.15) is 16.8 Å². The molecule has 100 valence electrons. The summed E-state index contributed by atoms with van der Waals surface area (Å²) in [6.45, 7) is 0. The molecule has 0 aliphatic carbocycles. The number of nitrogens with one attached hydrogen (secondary N) is 2. The van der Waals surface area contributed by atoms with Gasteiger partial charge in [-0.25, -0.2) is 8.42 Å². The summed E-state index contributed by atoms with van der Waals surface area (Å²) in [6.07, 6.45) is 0.360. The number of hydrogen-bond acceptors (Lipinski definition) is 3. The summed E-state index contributed by atoms with van der Waals surface area (Å²) in [5.41, 5.74) is 0.556. The summed E-state index contributed by atoms with van der Waals surface area (Å²) in [4.78, 5) is 11.6. The van der Waals surface area contributed by atoms with Gasteiger partial charge < -0.3 is 5.32 Å². The Kier molecular flexibility index (Phi) is 5.43. The number of sulfonamides is 1. The van der Waals surface area contributed by atoms with Crippen LogP contribution in [0, 0.1) is 0 Å². The summed E-state index contributed by atoms with van der Waals surface area (Å²) in [5.74, 6) is -0.137. The molecule has 2 N–H and O–H groups in total. The Bertz CT molecular complexity index is 517. The molecule has 7 heteroatoms. The fourth-order valence-electron chi connectivity index (χ4n) is 1.37.